The number of nitrogens with two attached hydrogens (primary N) is 1. The molecule has 1 unspecified atom stereocenters. The zero-order valence-electron chi connectivity index (χ0n) is 13.4. The monoisotopic (exact) mass is 283 g/mol. The molecule has 112 valence electrons. The molecule has 2 N–H and O–H groups in total. The first-order valence-corrected chi connectivity index (χ1v) is 7.56. The molecule has 2 aromatic rings. The second-order valence-corrected chi connectivity index (χ2v) is 6.22. The molecule has 0 amide bonds. The minimum Gasteiger partial charge on any atom is -0.457 e. The quantitative estimate of drug-likeness (QED) is 0.820. The van der Waals surface area contributed by atoms with Crippen molar-refractivity contribution in [2.75, 3.05) is 0 Å². The highest BCUT2D eigenvalue weighted by molar-refractivity contribution is 5.36. The third-order valence-corrected chi connectivity index (χ3v) is 4.16. The zero-order chi connectivity index (χ0) is 15.5. The summed E-state index contributed by atoms with van der Waals surface area (Å²) in [6, 6.07) is 16.4. The number of rotatable bonds is 5. The fourth-order valence-corrected chi connectivity index (χ4v) is 2.15. The van der Waals surface area contributed by atoms with Crippen LogP contribution in [0.15, 0.2) is 48.5 Å². The fourth-order valence-electron chi connectivity index (χ4n) is 2.15. The maximum atomic E-state index is 5.87. The van der Waals surface area contributed by atoms with Crippen molar-refractivity contribution in [3.8, 4) is 11.5 Å². The van der Waals surface area contributed by atoms with E-state index in [1.165, 1.54) is 5.56 Å². The van der Waals surface area contributed by atoms with Gasteiger partial charge in [-0.2, -0.15) is 0 Å². The molecule has 0 aliphatic rings. The molecule has 0 radical (unpaired) electrons. The lowest BCUT2D eigenvalue weighted by atomic mass is 9.82. The van der Waals surface area contributed by atoms with Gasteiger partial charge in [-0.3, -0.25) is 0 Å². The molecule has 0 saturated heterocycles. The van der Waals surface area contributed by atoms with Crippen molar-refractivity contribution in [3.05, 3.63) is 59.7 Å². The van der Waals surface area contributed by atoms with Crippen LogP contribution in [0.2, 0.25) is 0 Å². The smallest absolute Gasteiger partial charge is 0.127 e. The number of hydrogen-bond donors (Lipinski definition) is 1. The first kappa shape index (κ1) is 15.6. The standard InChI is InChI=1S/C19H25NO/c1-5-19(3,4)16-8-12-18(13-9-16)21-17-10-6-15(7-11-17)14(2)20/h6-14H,5,20H2,1-4H3. The first-order valence-electron chi connectivity index (χ1n) is 7.56. The van der Waals surface area contributed by atoms with Crippen molar-refractivity contribution < 1.29 is 4.74 Å². The van der Waals surface area contributed by atoms with Crippen LogP contribution in [-0.4, -0.2) is 0 Å². The summed E-state index contributed by atoms with van der Waals surface area (Å²) >= 11 is 0. The van der Waals surface area contributed by atoms with Crippen LogP contribution in [0.5, 0.6) is 11.5 Å². The van der Waals surface area contributed by atoms with Gasteiger partial charge in [0, 0.05) is 6.04 Å². The summed E-state index contributed by atoms with van der Waals surface area (Å²) in [6.07, 6.45) is 1.12. The highest BCUT2D eigenvalue weighted by atomic mass is 16.5. The van der Waals surface area contributed by atoms with E-state index >= 15 is 0 Å². The van der Waals surface area contributed by atoms with E-state index in [0.717, 1.165) is 23.5 Å². The molecule has 1 atom stereocenters. The van der Waals surface area contributed by atoms with Crippen LogP contribution in [0.1, 0.15) is 51.3 Å². The maximum absolute atomic E-state index is 5.87. The summed E-state index contributed by atoms with van der Waals surface area (Å²) in [5.41, 5.74) is 8.50. The molecule has 21 heavy (non-hydrogen) atoms. The maximum Gasteiger partial charge on any atom is 0.127 e. The van der Waals surface area contributed by atoms with Gasteiger partial charge in [0.1, 0.15) is 11.5 Å². The summed E-state index contributed by atoms with van der Waals surface area (Å²) in [5, 5.41) is 0. The summed E-state index contributed by atoms with van der Waals surface area (Å²) in [6.45, 7) is 8.71. The van der Waals surface area contributed by atoms with Gasteiger partial charge in [-0.05, 0) is 54.2 Å². The normalized spacial score (nSPS) is 13.0. The first-order chi connectivity index (χ1) is 9.92. The lowest BCUT2D eigenvalue weighted by molar-refractivity contribution is 0.478. The number of ether oxygens (including phenoxy) is 1. The van der Waals surface area contributed by atoms with Gasteiger partial charge >= 0.3 is 0 Å². The molecule has 0 spiro atoms. The van der Waals surface area contributed by atoms with Gasteiger partial charge in [0.05, 0.1) is 0 Å². The van der Waals surface area contributed by atoms with Gasteiger partial charge in [0.25, 0.3) is 0 Å². The minimum absolute atomic E-state index is 0.0506. The van der Waals surface area contributed by atoms with Crippen LogP contribution in [0.3, 0.4) is 0 Å². The predicted octanol–water partition coefficient (Wildman–Crippen LogP) is 5.19. The molecule has 0 aliphatic carbocycles. The van der Waals surface area contributed by atoms with E-state index < -0.39 is 0 Å². The van der Waals surface area contributed by atoms with E-state index in [0.29, 0.717) is 0 Å². The van der Waals surface area contributed by atoms with E-state index in [2.05, 4.69) is 32.9 Å². The second kappa shape index (κ2) is 6.31. The van der Waals surface area contributed by atoms with E-state index in [4.69, 9.17) is 10.5 Å². The molecule has 2 aromatic carbocycles. The third kappa shape index (κ3) is 3.85. The molecule has 0 aromatic heterocycles. The largest absolute Gasteiger partial charge is 0.457 e. The van der Waals surface area contributed by atoms with E-state index in [-0.39, 0.29) is 11.5 Å². The third-order valence-electron chi connectivity index (χ3n) is 4.16. The topological polar surface area (TPSA) is 35.2 Å². The van der Waals surface area contributed by atoms with Crippen molar-refractivity contribution in [1.29, 1.82) is 0 Å². The van der Waals surface area contributed by atoms with Crippen LogP contribution in [0.4, 0.5) is 0 Å². The highest BCUT2D eigenvalue weighted by Crippen LogP contribution is 2.29. The fraction of sp³-hybridized carbons (Fsp3) is 0.368. The Bertz CT molecular complexity index is 568. The van der Waals surface area contributed by atoms with Crippen LogP contribution in [-0.2, 0) is 5.41 Å². The second-order valence-electron chi connectivity index (χ2n) is 6.22. The molecule has 2 heteroatoms. The summed E-state index contributed by atoms with van der Waals surface area (Å²) in [7, 11) is 0. The molecule has 0 saturated carbocycles. The summed E-state index contributed by atoms with van der Waals surface area (Å²) in [4.78, 5) is 0. The zero-order valence-corrected chi connectivity index (χ0v) is 13.4. The van der Waals surface area contributed by atoms with E-state index in [1.54, 1.807) is 0 Å². The molecule has 2 rings (SSSR count). The van der Waals surface area contributed by atoms with Gasteiger partial charge in [0.15, 0.2) is 0 Å². The average Bonchev–Trinajstić information content (AvgIpc) is 2.48. The van der Waals surface area contributed by atoms with Crippen molar-refractivity contribution in [3.63, 3.8) is 0 Å². The lowest BCUT2D eigenvalue weighted by Gasteiger charge is -2.23. The van der Waals surface area contributed by atoms with Crippen LogP contribution < -0.4 is 10.5 Å². The molecule has 0 fully saturated rings. The van der Waals surface area contributed by atoms with Crippen LogP contribution in [0.25, 0.3) is 0 Å². The van der Waals surface area contributed by atoms with Gasteiger partial charge in [0.2, 0.25) is 0 Å². The number of benzene rings is 2. The van der Waals surface area contributed by atoms with Crippen LogP contribution in [0, 0.1) is 0 Å². The Morgan fingerprint density at radius 1 is 0.952 bits per heavy atom. The van der Waals surface area contributed by atoms with Gasteiger partial charge in [-0.1, -0.05) is 45.0 Å². The molecule has 0 heterocycles. The molecule has 0 bridgehead atoms. The SMILES string of the molecule is CCC(C)(C)c1ccc(Oc2ccc(C(C)N)cc2)cc1. The summed E-state index contributed by atoms with van der Waals surface area (Å²) in [5.74, 6) is 1.70. The van der Waals surface area contributed by atoms with Gasteiger partial charge < -0.3 is 10.5 Å². The Kier molecular flexibility index (Phi) is 4.69. The Balaban J connectivity index is 2.10. The van der Waals surface area contributed by atoms with Crippen molar-refractivity contribution in [2.24, 2.45) is 5.73 Å². The Hall–Kier alpha value is -1.80. The van der Waals surface area contributed by atoms with E-state index in [1.807, 2.05) is 43.3 Å². The molecule has 0 aliphatic heterocycles. The Labute approximate surface area is 127 Å². The molecular weight excluding hydrogens is 258 g/mol. The van der Waals surface area contributed by atoms with Crippen molar-refractivity contribution in [2.45, 2.75) is 45.6 Å². The average molecular weight is 283 g/mol. The minimum atomic E-state index is 0.0506. The Morgan fingerprint density at radius 2 is 1.43 bits per heavy atom. The highest BCUT2D eigenvalue weighted by Gasteiger charge is 2.17. The molecular formula is C19H25NO. The number of hydrogen-bond acceptors (Lipinski definition) is 2. The summed E-state index contributed by atoms with van der Waals surface area (Å²) < 4.78 is 5.87. The molecule has 2 nitrogen and oxygen atoms in total. The van der Waals surface area contributed by atoms with E-state index in [9.17, 15) is 0 Å². The predicted molar refractivity (Wildman–Crippen MR) is 88.9 cm³/mol. The van der Waals surface area contributed by atoms with Crippen LogP contribution >= 0.6 is 0 Å². The van der Waals surface area contributed by atoms with Crippen molar-refractivity contribution in [1.82, 2.24) is 0 Å². The van der Waals surface area contributed by atoms with Crippen molar-refractivity contribution >= 4 is 0 Å². The lowest BCUT2D eigenvalue weighted by Crippen LogP contribution is -2.14. The van der Waals surface area contributed by atoms with Gasteiger partial charge in [-0.15, -0.1) is 0 Å². The Morgan fingerprint density at radius 3 is 1.86 bits per heavy atom. The van der Waals surface area contributed by atoms with Gasteiger partial charge in [-0.25, -0.2) is 0 Å².